The van der Waals surface area contributed by atoms with Gasteiger partial charge >= 0.3 is 156 Å². The summed E-state index contributed by atoms with van der Waals surface area (Å²) in [5, 5.41) is 1.97. The summed E-state index contributed by atoms with van der Waals surface area (Å²) in [5.74, 6) is 2.19. The molecule has 2 aliphatic rings. The molecule has 4 heteroatoms. The topological polar surface area (TPSA) is 27.7 Å². The molecule has 1 aliphatic heterocycles. The third kappa shape index (κ3) is 2.74. The average molecular weight is 370 g/mol. The van der Waals surface area contributed by atoms with Crippen LogP contribution in [-0.2, 0) is 13.6 Å². The molecular formula is C22H27O3P. The Balaban J connectivity index is 1.86. The zero-order valence-corrected chi connectivity index (χ0v) is 16.5. The molecule has 3 nitrogen and oxygen atoms in total. The summed E-state index contributed by atoms with van der Waals surface area (Å²) >= 11 is 0. The van der Waals surface area contributed by atoms with Gasteiger partial charge in [-0.15, -0.1) is 0 Å². The Morgan fingerprint density at radius 1 is 0.808 bits per heavy atom. The molecular weight excluding hydrogens is 343 g/mol. The first-order valence-electron chi connectivity index (χ1n) is 9.49. The van der Waals surface area contributed by atoms with E-state index in [0.717, 1.165) is 22.1 Å². The maximum atomic E-state index is 6.82. The molecule has 4 rings (SSSR count). The molecule has 0 atom stereocenters. The van der Waals surface area contributed by atoms with Crippen molar-refractivity contribution in [1.82, 2.24) is 0 Å². The summed E-state index contributed by atoms with van der Waals surface area (Å²) in [6, 6.07) is 20.4. The molecule has 0 spiro atoms. The predicted molar refractivity (Wildman–Crippen MR) is 108 cm³/mol. The van der Waals surface area contributed by atoms with Crippen LogP contribution in [0.15, 0.2) is 72.2 Å². The van der Waals surface area contributed by atoms with E-state index in [9.17, 15) is 0 Å². The Morgan fingerprint density at radius 3 is 1.73 bits per heavy atom. The zero-order valence-electron chi connectivity index (χ0n) is 15.6. The van der Waals surface area contributed by atoms with Crippen LogP contribution in [0.5, 0.6) is 0 Å². The zero-order chi connectivity index (χ0) is 18.1. The number of hydrogen-bond acceptors (Lipinski definition) is 3. The Kier molecular flexibility index (Phi) is 4.54. The summed E-state index contributed by atoms with van der Waals surface area (Å²) in [6.07, 6.45) is 5.03. The third-order valence-electron chi connectivity index (χ3n) is 5.52. The van der Waals surface area contributed by atoms with Crippen LogP contribution >= 0.6 is 7.28 Å². The molecule has 2 aromatic carbocycles. The molecule has 0 N–H and O–H groups in total. The van der Waals surface area contributed by atoms with Crippen molar-refractivity contribution >= 4 is 17.9 Å². The Bertz CT molecular complexity index is 737. The molecule has 1 saturated carbocycles. The summed E-state index contributed by atoms with van der Waals surface area (Å²) in [7, 11) is -3.71. The summed E-state index contributed by atoms with van der Waals surface area (Å²) in [6.45, 7) is 4.60. The van der Waals surface area contributed by atoms with Crippen LogP contribution in [0.2, 0.25) is 0 Å². The summed E-state index contributed by atoms with van der Waals surface area (Å²) in [5.41, 5.74) is 0. The Morgan fingerprint density at radius 2 is 1.27 bits per heavy atom. The Hall–Kier alpha value is -1.83. The quantitative estimate of drug-likeness (QED) is 0.656. The van der Waals surface area contributed by atoms with Crippen LogP contribution in [0.4, 0.5) is 0 Å². The molecule has 0 bridgehead atoms. The van der Waals surface area contributed by atoms with Crippen LogP contribution in [0.1, 0.15) is 39.5 Å². The van der Waals surface area contributed by atoms with Gasteiger partial charge in [-0.05, 0) is 0 Å². The Labute approximate surface area is 156 Å². The van der Waals surface area contributed by atoms with Crippen molar-refractivity contribution in [2.45, 2.75) is 39.5 Å². The molecule has 0 radical (unpaired) electrons. The first-order valence-corrected chi connectivity index (χ1v) is 11.5. The molecule has 138 valence electrons. The van der Waals surface area contributed by atoms with Crippen molar-refractivity contribution in [2.24, 2.45) is 5.92 Å². The van der Waals surface area contributed by atoms with E-state index in [-0.39, 0.29) is 0 Å². The van der Waals surface area contributed by atoms with Crippen LogP contribution in [0.3, 0.4) is 0 Å². The molecule has 0 unspecified atom stereocenters. The summed E-state index contributed by atoms with van der Waals surface area (Å²) in [4.78, 5) is 0. The number of allylic oxidation sites excluding steroid dienone is 2. The minimum atomic E-state index is -3.71. The van der Waals surface area contributed by atoms with Gasteiger partial charge in [0.05, 0.1) is 0 Å². The van der Waals surface area contributed by atoms with E-state index in [4.69, 9.17) is 13.6 Å². The van der Waals surface area contributed by atoms with E-state index in [2.05, 4.69) is 24.3 Å². The van der Waals surface area contributed by atoms with Gasteiger partial charge in [-0.2, -0.15) is 0 Å². The molecule has 26 heavy (non-hydrogen) atoms. The number of rotatable bonds is 5. The summed E-state index contributed by atoms with van der Waals surface area (Å²) < 4.78 is 20.1. The van der Waals surface area contributed by atoms with E-state index in [1.807, 2.05) is 50.2 Å². The predicted octanol–water partition coefficient (Wildman–Crippen LogP) is 5.44. The molecule has 0 amide bonds. The number of benzene rings is 2. The van der Waals surface area contributed by atoms with E-state index >= 15 is 0 Å². The van der Waals surface area contributed by atoms with Crippen molar-refractivity contribution in [2.75, 3.05) is 6.61 Å². The molecule has 0 aromatic heterocycles. The van der Waals surface area contributed by atoms with Crippen molar-refractivity contribution in [3.8, 4) is 0 Å². The second-order valence-corrected chi connectivity index (χ2v) is 10.7. The molecule has 1 fully saturated rings. The van der Waals surface area contributed by atoms with Gasteiger partial charge in [-0.25, -0.2) is 0 Å². The second-order valence-electron chi connectivity index (χ2n) is 7.30. The maximum absolute atomic E-state index is 6.82. The normalized spacial score (nSPS) is 23.1. The first-order chi connectivity index (χ1) is 12.6. The van der Waals surface area contributed by atoms with E-state index in [0.29, 0.717) is 12.5 Å². The van der Waals surface area contributed by atoms with E-state index in [1.165, 1.54) is 25.7 Å². The van der Waals surface area contributed by atoms with Gasteiger partial charge in [0.25, 0.3) is 0 Å². The van der Waals surface area contributed by atoms with Crippen LogP contribution in [0.25, 0.3) is 0 Å². The van der Waals surface area contributed by atoms with Crippen molar-refractivity contribution in [3.63, 3.8) is 0 Å². The van der Waals surface area contributed by atoms with Gasteiger partial charge in [-0.3, -0.25) is 0 Å². The van der Waals surface area contributed by atoms with E-state index in [1.54, 1.807) is 0 Å². The van der Waals surface area contributed by atoms with Crippen LogP contribution < -0.4 is 10.6 Å². The van der Waals surface area contributed by atoms with Gasteiger partial charge < -0.3 is 0 Å². The van der Waals surface area contributed by atoms with Crippen molar-refractivity contribution in [3.05, 3.63) is 72.2 Å². The molecule has 1 heterocycles. The second kappa shape index (κ2) is 6.72. The third-order valence-corrected chi connectivity index (χ3v) is 9.73. The monoisotopic (exact) mass is 370 g/mol. The van der Waals surface area contributed by atoms with Gasteiger partial charge in [0.1, 0.15) is 0 Å². The van der Waals surface area contributed by atoms with Crippen LogP contribution in [-0.4, -0.2) is 6.61 Å². The van der Waals surface area contributed by atoms with Gasteiger partial charge in [0.2, 0.25) is 0 Å². The molecule has 0 saturated heterocycles. The fourth-order valence-corrected chi connectivity index (χ4v) is 8.26. The van der Waals surface area contributed by atoms with Crippen molar-refractivity contribution < 1.29 is 13.6 Å². The average Bonchev–Trinajstić information content (AvgIpc) is 3.30. The van der Waals surface area contributed by atoms with E-state index < -0.39 is 7.28 Å². The number of hydrogen-bond donors (Lipinski definition) is 0. The first kappa shape index (κ1) is 17.6. The molecule has 1 aliphatic carbocycles. The fourth-order valence-electron chi connectivity index (χ4n) is 3.99. The van der Waals surface area contributed by atoms with Gasteiger partial charge in [0, 0.05) is 0 Å². The fraction of sp³-hybridized carbons (Fsp3) is 0.364. The minimum absolute atomic E-state index is 0.579. The standard InChI is InChI=1S/C22H27O3P/c1-18-19(2)25-26(24-18,21-13-5-3-6-14-21,22-15-7-4-8-16-22)23-17-20-11-9-10-12-20/h3-8,13-16,20H,9-12,17H2,1-2H3. The van der Waals surface area contributed by atoms with Crippen molar-refractivity contribution in [1.29, 1.82) is 0 Å². The molecule has 2 aromatic rings. The van der Waals surface area contributed by atoms with Gasteiger partial charge in [0.15, 0.2) is 0 Å². The SMILES string of the molecule is CC1=C(C)OP(OCC2CCCC2)(c2ccccc2)(c2ccccc2)O1. The van der Waals surface area contributed by atoms with Gasteiger partial charge in [-0.1, -0.05) is 0 Å². The van der Waals surface area contributed by atoms with Crippen LogP contribution in [0, 0.1) is 5.92 Å².